The highest BCUT2D eigenvalue weighted by Crippen LogP contribution is 2.60. The first-order chi connectivity index (χ1) is 70.6. The summed E-state index contributed by atoms with van der Waals surface area (Å²) >= 11 is 0. The molecule has 0 atom stereocenters. The summed E-state index contributed by atoms with van der Waals surface area (Å²) in [4.78, 5) is 0. The van der Waals surface area contributed by atoms with Crippen molar-refractivity contribution in [2.75, 3.05) is 0 Å². The summed E-state index contributed by atoms with van der Waals surface area (Å²) in [6, 6.07) is 140. The quantitative estimate of drug-likeness (QED) is 0.0760. The molecule has 4 aliphatic heterocycles. The maximum Gasteiger partial charge on any atom is 0.132 e. The lowest BCUT2D eigenvalue weighted by molar-refractivity contribution is 0.455. The Balaban J connectivity index is 0.000000112. The fraction of sp³-hybridized carbons (Fsp3) is 0.0827. The Morgan fingerprint density at radius 1 is 0.145 bits per heavy atom. The number of rotatable bonds is 5. The molecule has 28 rings (SSSR count). The molecule has 12 nitrogen and oxygen atoms in total. The zero-order valence-electron chi connectivity index (χ0n) is 79.9. The first-order valence-corrected chi connectivity index (χ1v) is 49.0. The van der Waals surface area contributed by atoms with Gasteiger partial charge in [-0.1, -0.05) is 322 Å². The number of fused-ring (bicyclic) bond motifs is 27. The highest BCUT2D eigenvalue weighted by atomic mass is 16.5. The zero-order valence-corrected chi connectivity index (χ0v) is 79.9. The first kappa shape index (κ1) is 93.1. The van der Waals surface area contributed by atoms with E-state index in [0.717, 1.165) is 199 Å². The number of ether oxygens (including phenoxy) is 4. The number of hydrogen-bond donors (Lipinski definition) is 8. The van der Waals surface area contributed by atoms with Crippen LogP contribution >= 0.6 is 0 Å². The molecule has 0 bridgehead atoms. The van der Waals surface area contributed by atoms with Gasteiger partial charge in [-0.25, -0.2) is 0 Å². The monoisotopic (exact) mass is 1890 g/mol. The van der Waals surface area contributed by atoms with E-state index in [1.807, 2.05) is 266 Å². The van der Waals surface area contributed by atoms with Gasteiger partial charge in [-0.15, -0.1) is 0 Å². The van der Waals surface area contributed by atoms with Gasteiger partial charge in [-0.2, -0.15) is 0 Å². The molecule has 4 heterocycles. The van der Waals surface area contributed by atoms with Crippen molar-refractivity contribution in [2.24, 2.45) is 0 Å². The van der Waals surface area contributed by atoms with Crippen LogP contribution in [0.4, 0.5) is 0 Å². The van der Waals surface area contributed by atoms with Gasteiger partial charge in [0, 0.05) is 68.2 Å². The van der Waals surface area contributed by atoms with Gasteiger partial charge in [0.2, 0.25) is 0 Å². The van der Waals surface area contributed by atoms with Crippen LogP contribution in [-0.4, -0.2) is 40.9 Å². The van der Waals surface area contributed by atoms with Gasteiger partial charge >= 0.3 is 0 Å². The minimum atomic E-state index is -0.208. The second-order valence-electron chi connectivity index (χ2n) is 35.9. The van der Waals surface area contributed by atoms with E-state index in [2.05, 4.69) is 140 Å². The van der Waals surface area contributed by atoms with Crippen LogP contribution in [0.2, 0.25) is 0 Å². The summed E-state index contributed by atoms with van der Waals surface area (Å²) in [5, 5.41) is 106. The Morgan fingerprint density at radius 3 is 0.641 bits per heavy atom. The molecule has 8 N–H and O–H groups in total. The van der Waals surface area contributed by atoms with Crippen LogP contribution in [-0.2, 0) is 0 Å². The molecule has 24 aromatic rings. The van der Waals surface area contributed by atoms with Crippen molar-refractivity contribution < 1.29 is 59.8 Å². The van der Waals surface area contributed by atoms with Crippen molar-refractivity contribution in [3.8, 4) is 103 Å². The third-order valence-corrected chi connectivity index (χ3v) is 27.9. The Hall–Kier alpha value is -18.3. The van der Waals surface area contributed by atoms with Gasteiger partial charge in [-0.3, -0.25) is 0 Å². The molecule has 0 aromatic heterocycles. The molecule has 0 radical (unpaired) electrons. The maximum atomic E-state index is 10.6. The van der Waals surface area contributed by atoms with E-state index in [0.29, 0.717) is 0 Å². The van der Waals surface area contributed by atoms with E-state index in [1.165, 1.54) is 43.4 Å². The van der Waals surface area contributed by atoms with Gasteiger partial charge in [0.05, 0.1) is 0 Å². The fourth-order valence-electron chi connectivity index (χ4n) is 21.8. The fourth-order valence-corrected chi connectivity index (χ4v) is 21.8. The molecular weight excluding hydrogens is 1790 g/mol. The second kappa shape index (κ2) is 39.1. The summed E-state index contributed by atoms with van der Waals surface area (Å²) < 4.78 is 25.9. The molecule has 0 saturated carbocycles. The maximum absolute atomic E-state index is 10.6. The molecule has 12 heteroatoms. The first-order valence-electron chi connectivity index (χ1n) is 49.0. The molecule has 0 spiro atoms. The Labute approximate surface area is 839 Å². The molecule has 0 unspecified atom stereocenters. The van der Waals surface area contributed by atoms with Gasteiger partial charge in [0.25, 0.3) is 0 Å². The standard InChI is InChI=1S/C35H22O3.C33H22O3.C31H20O3.C27H18O3.3C2H6.CH4/c36-24-13-9-20-11-15-30-33(28(20)18-24)35(34-29-19-25(37)14-10-21(29)12-16-31(34)38-30)32-26-7-3-1-5-22(26)17-23-6-2-4-8-27(23)32;34-25-14-10-22-12-16-29-32(27(22)18-25)31(24-8-6-21(7-9-24)20-4-2-1-3-5-20)33-28-19-26(35)15-11-23(28)13-17-30(33)36-29;32-23-11-7-19-9-13-27-30(25(19)16-23)29(22-6-5-18-3-1-2-4-21(18)15-22)31-26-17-24(33)12-8-20(26)10-14-28(31)34-27;28-19-10-6-16-8-12-23-26(21(16)14-19)25(18-4-2-1-3-5-18)27-22-15-20(29)11-7-17(22)9-13-24(27)30-23;3*1-2;/h1-19,35-37H;1-19,31,34-35H;1-17,29,32-33H;1-15,25,28-29H;3*1-2H3;1H4. The van der Waals surface area contributed by atoms with Crippen molar-refractivity contribution in [2.45, 2.75) is 72.6 Å². The number of phenolic OH excluding ortho intramolecular Hbond substituents is 8. The topological polar surface area (TPSA) is 199 Å². The predicted molar refractivity (Wildman–Crippen MR) is 593 cm³/mol. The van der Waals surface area contributed by atoms with E-state index >= 15 is 0 Å². The van der Waals surface area contributed by atoms with E-state index in [9.17, 15) is 40.9 Å². The van der Waals surface area contributed by atoms with Crippen LogP contribution in [0.15, 0.2) is 425 Å². The van der Waals surface area contributed by atoms with Gasteiger partial charge in [0.15, 0.2) is 0 Å². The van der Waals surface area contributed by atoms with Crippen LogP contribution in [0, 0.1) is 0 Å². The number of hydrogen-bond acceptors (Lipinski definition) is 12. The number of benzene rings is 24. The van der Waals surface area contributed by atoms with Crippen molar-refractivity contribution in [3.63, 3.8) is 0 Å². The van der Waals surface area contributed by atoms with Crippen molar-refractivity contribution >= 4 is 118 Å². The number of aromatic hydroxyl groups is 8. The smallest absolute Gasteiger partial charge is 0.132 e. The summed E-state index contributed by atoms with van der Waals surface area (Å²) in [5.41, 5.74) is 15.1. The molecular formula is C133H104O12. The summed E-state index contributed by atoms with van der Waals surface area (Å²) in [6.45, 7) is 12.0. The van der Waals surface area contributed by atoms with E-state index in [4.69, 9.17) is 18.9 Å². The van der Waals surface area contributed by atoms with Gasteiger partial charge in [0.1, 0.15) is 92.0 Å². The van der Waals surface area contributed by atoms with Gasteiger partial charge < -0.3 is 59.8 Å². The zero-order chi connectivity index (χ0) is 98.7. The SMILES string of the molecule is C.CC.CC.CC.Oc1ccc2ccc3c(c2c1)C(c1c2ccccc2cc2ccccc12)c1c(ccc2ccc(O)cc12)O3.Oc1ccc2ccc3c(c2c1)C(c1ccc(-c2ccccc2)cc1)c1c(ccc2ccc(O)cc12)O3.Oc1ccc2ccc3c(c2c1)C(c1ccc2ccccc2c1)c1c(ccc2ccc(O)cc12)O3.Oc1ccc2ccc3c(c2c1)C(c1ccccc1)c1c(ccc2ccc(O)cc12)O3. The largest absolute Gasteiger partial charge is 0.508 e. The third-order valence-electron chi connectivity index (χ3n) is 27.9. The van der Waals surface area contributed by atoms with Crippen LogP contribution < -0.4 is 18.9 Å². The Bertz CT molecular complexity index is 8760. The summed E-state index contributed by atoms with van der Waals surface area (Å²) in [5.74, 6) is 7.41. The molecule has 24 aromatic carbocycles. The molecule has 0 aliphatic carbocycles. The minimum Gasteiger partial charge on any atom is -0.508 e. The van der Waals surface area contributed by atoms with Crippen molar-refractivity contribution in [1.82, 2.24) is 0 Å². The highest BCUT2D eigenvalue weighted by molar-refractivity contribution is 6.08. The average molecular weight is 1890 g/mol. The lowest BCUT2D eigenvalue weighted by Crippen LogP contribution is -2.14. The highest BCUT2D eigenvalue weighted by Gasteiger charge is 2.39. The van der Waals surface area contributed by atoms with Crippen LogP contribution in [0.1, 0.15) is 139 Å². The molecule has 145 heavy (non-hydrogen) atoms. The number of phenols is 8. The average Bonchev–Trinajstić information content (AvgIpc) is 0.716. The van der Waals surface area contributed by atoms with Crippen molar-refractivity contribution in [3.05, 3.63) is 491 Å². The minimum absolute atomic E-state index is 0. The van der Waals surface area contributed by atoms with E-state index in [1.54, 1.807) is 60.7 Å². The lowest BCUT2D eigenvalue weighted by atomic mass is 9.75. The molecule has 0 amide bonds. The molecule has 4 aliphatic rings. The van der Waals surface area contributed by atoms with Crippen molar-refractivity contribution in [1.29, 1.82) is 0 Å². The Kier molecular flexibility index (Phi) is 25.1. The van der Waals surface area contributed by atoms with E-state index in [-0.39, 0.29) is 77.1 Å². The lowest BCUT2D eigenvalue weighted by Gasteiger charge is -2.32. The second-order valence-corrected chi connectivity index (χ2v) is 35.9. The molecule has 0 fully saturated rings. The van der Waals surface area contributed by atoms with Crippen LogP contribution in [0.25, 0.3) is 130 Å². The Morgan fingerprint density at radius 2 is 0.352 bits per heavy atom. The molecule has 708 valence electrons. The summed E-state index contributed by atoms with van der Waals surface area (Å²) in [7, 11) is 0. The summed E-state index contributed by atoms with van der Waals surface area (Å²) in [6.07, 6.45) is 0. The predicted octanol–water partition coefficient (Wildman–Crippen LogP) is 35.6. The van der Waals surface area contributed by atoms with E-state index < -0.39 is 0 Å². The van der Waals surface area contributed by atoms with Gasteiger partial charge in [-0.05, 0) is 304 Å². The normalized spacial score (nSPS) is 12.5. The third kappa shape index (κ3) is 16.9. The van der Waals surface area contributed by atoms with Crippen LogP contribution in [0.5, 0.6) is 92.0 Å². The van der Waals surface area contributed by atoms with Crippen LogP contribution in [0.3, 0.4) is 0 Å². The molecule has 0 saturated heterocycles.